The first-order valence-electron chi connectivity index (χ1n) is 5.13. The lowest BCUT2D eigenvalue weighted by atomic mass is 10.3. The van der Waals surface area contributed by atoms with Crippen LogP contribution in [0.3, 0.4) is 0 Å². The molecule has 1 aromatic carbocycles. The average molecular weight is 291 g/mol. The molecule has 0 aliphatic rings. The highest BCUT2D eigenvalue weighted by atomic mass is 35.5. The lowest BCUT2D eigenvalue weighted by molar-refractivity contribution is -0.136. The molecule has 1 atom stereocenters. The first kappa shape index (κ1) is 14.8. The third-order valence-corrected chi connectivity index (χ3v) is 2.78. The third-order valence-electron chi connectivity index (χ3n) is 1.96. The zero-order chi connectivity index (χ0) is 13.7. The highest BCUT2D eigenvalue weighted by Gasteiger charge is 2.15. The Kier molecular flexibility index (Phi) is 5.40. The number of hydrogen-bond donors (Lipinski definition) is 3. The number of rotatable bonds is 3. The van der Waals surface area contributed by atoms with Crippen LogP contribution in [0.1, 0.15) is 6.92 Å². The molecule has 0 heterocycles. The number of nitrogens with one attached hydrogen (secondary N) is 2. The number of hydrogen-bond acceptors (Lipinski definition) is 3. The van der Waals surface area contributed by atoms with Crippen LogP contribution in [0.5, 0.6) is 0 Å². The summed E-state index contributed by atoms with van der Waals surface area (Å²) in [6, 6.07) is 4.68. The minimum absolute atomic E-state index is 0.00443. The molecule has 0 bridgehead atoms. The number of anilines is 1. The molecule has 18 heavy (non-hydrogen) atoms. The fourth-order valence-corrected chi connectivity index (χ4v) is 1.45. The first-order chi connectivity index (χ1) is 8.41. The summed E-state index contributed by atoms with van der Waals surface area (Å²) in [4.78, 5) is 22.8. The van der Waals surface area contributed by atoms with Crippen LogP contribution in [0.4, 0.5) is 5.69 Å². The van der Waals surface area contributed by atoms with Crippen LogP contribution in [0.2, 0.25) is 10.0 Å². The van der Waals surface area contributed by atoms with Gasteiger partial charge in [-0.1, -0.05) is 29.3 Å². The number of aliphatic hydroxyl groups excluding tert-OH is 1. The fraction of sp³-hybridized carbons (Fsp3) is 0.273. The Labute approximate surface area is 114 Å². The van der Waals surface area contributed by atoms with Crippen molar-refractivity contribution in [2.45, 2.75) is 13.0 Å². The molecular weight excluding hydrogens is 279 g/mol. The van der Waals surface area contributed by atoms with Crippen LogP contribution in [0, 0.1) is 0 Å². The van der Waals surface area contributed by atoms with Gasteiger partial charge in [-0.05, 0) is 19.1 Å². The topological polar surface area (TPSA) is 78.4 Å². The zero-order valence-corrected chi connectivity index (χ0v) is 11.0. The highest BCUT2D eigenvalue weighted by molar-refractivity contribution is 6.45. The minimum atomic E-state index is -0.875. The summed E-state index contributed by atoms with van der Waals surface area (Å²) in [5, 5.41) is 14.0. The molecule has 0 saturated heterocycles. The lowest BCUT2D eigenvalue weighted by Gasteiger charge is -2.09. The standard InChI is InChI=1S/C11H12Cl2N2O3/c1-6(16)5-14-10(17)11(18)15-8-4-2-3-7(12)9(8)13/h2-4,6,16H,5H2,1H3,(H,14,17)(H,15,18)/t6-/m0/s1. The smallest absolute Gasteiger partial charge is 0.313 e. The summed E-state index contributed by atoms with van der Waals surface area (Å²) in [6.45, 7) is 1.49. The van der Waals surface area contributed by atoms with Crippen molar-refractivity contribution in [3.05, 3.63) is 28.2 Å². The maximum atomic E-state index is 11.5. The van der Waals surface area contributed by atoms with Crippen molar-refractivity contribution in [1.29, 1.82) is 0 Å². The molecular formula is C11H12Cl2N2O3. The van der Waals surface area contributed by atoms with E-state index in [0.29, 0.717) is 0 Å². The van der Waals surface area contributed by atoms with Crippen molar-refractivity contribution in [2.24, 2.45) is 0 Å². The zero-order valence-electron chi connectivity index (χ0n) is 9.54. The van der Waals surface area contributed by atoms with Gasteiger partial charge in [-0.2, -0.15) is 0 Å². The number of carbonyl (C=O) groups is 2. The maximum absolute atomic E-state index is 11.5. The van der Waals surface area contributed by atoms with E-state index in [-0.39, 0.29) is 22.3 Å². The van der Waals surface area contributed by atoms with Crippen LogP contribution in [-0.2, 0) is 9.59 Å². The van der Waals surface area contributed by atoms with Gasteiger partial charge in [-0.15, -0.1) is 0 Å². The van der Waals surface area contributed by atoms with Crippen LogP contribution < -0.4 is 10.6 Å². The molecule has 3 N–H and O–H groups in total. The molecule has 0 radical (unpaired) electrons. The second-order valence-corrected chi connectivity index (χ2v) is 4.40. The number of benzene rings is 1. The van der Waals surface area contributed by atoms with Gasteiger partial charge >= 0.3 is 11.8 Å². The molecule has 2 amide bonds. The monoisotopic (exact) mass is 290 g/mol. The normalized spacial score (nSPS) is 11.8. The van der Waals surface area contributed by atoms with E-state index in [1.165, 1.54) is 13.0 Å². The Morgan fingerprint density at radius 3 is 2.61 bits per heavy atom. The molecule has 0 aliphatic carbocycles. The van der Waals surface area contributed by atoms with Crippen molar-refractivity contribution in [3.63, 3.8) is 0 Å². The van der Waals surface area contributed by atoms with Gasteiger partial charge in [0.15, 0.2) is 0 Å². The van der Waals surface area contributed by atoms with E-state index in [9.17, 15) is 9.59 Å². The van der Waals surface area contributed by atoms with E-state index in [0.717, 1.165) is 0 Å². The predicted molar refractivity (Wildman–Crippen MR) is 69.8 cm³/mol. The molecule has 0 fully saturated rings. The van der Waals surface area contributed by atoms with Crippen molar-refractivity contribution in [1.82, 2.24) is 5.32 Å². The summed E-state index contributed by atoms with van der Waals surface area (Å²) in [5.41, 5.74) is 0.251. The molecule has 5 nitrogen and oxygen atoms in total. The van der Waals surface area contributed by atoms with Crippen LogP contribution in [0.15, 0.2) is 18.2 Å². The minimum Gasteiger partial charge on any atom is -0.392 e. The molecule has 0 spiro atoms. The van der Waals surface area contributed by atoms with Crippen LogP contribution >= 0.6 is 23.2 Å². The van der Waals surface area contributed by atoms with Crippen molar-refractivity contribution < 1.29 is 14.7 Å². The molecule has 98 valence electrons. The van der Waals surface area contributed by atoms with Crippen molar-refractivity contribution in [3.8, 4) is 0 Å². The van der Waals surface area contributed by atoms with Gasteiger partial charge in [0, 0.05) is 6.54 Å². The maximum Gasteiger partial charge on any atom is 0.313 e. The Morgan fingerprint density at radius 1 is 1.33 bits per heavy atom. The predicted octanol–water partition coefficient (Wildman–Crippen LogP) is 1.43. The Morgan fingerprint density at radius 2 is 2.00 bits per heavy atom. The summed E-state index contributed by atoms with van der Waals surface area (Å²) in [6.07, 6.45) is -0.725. The molecule has 1 aromatic rings. The Bertz CT molecular complexity index is 464. The van der Waals surface area contributed by atoms with Gasteiger partial charge in [-0.25, -0.2) is 0 Å². The van der Waals surface area contributed by atoms with E-state index in [1.807, 2.05) is 0 Å². The SMILES string of the molecule is C[C@H](O)CNC(=O)C(=O)Nc1cccc(Cl)c1Cl. The van der Waals surface area contributed by atoms with Gasteiger partial charge < -0.3 is 15.7 Å². The van der Waals surface area contributed by atoms with E-state index in [4.69, 9.17) is 28.3 Å². The first-order valence-corrected chi connectivity index (χ1v) is 5.88. The largest absolute Gasteiger partial charge is 0.392 e. The summed E-state index contributed by atoms with van der Waals surface area (Å²) in [5.74, 6) is -1.73. The number of carbonyl (C=O) groups excluding carboxylic acids is 2. The van der Waals surface area contributed by atoms with E-state index in [2.05, 4.69) is 10.6 Å². The van der Waals surface area contributed by atoms with Crippen LogP contribution in [0.25, 0.3) is 0 Å². The molecule has 0 unspecified atom stereocenters. The fourth-order valence-electron chi connectivity index (χ4n) is 1.10. The Balaban J connectivity index is 2.64. The highest BCUT2D eigenvalue weighted by Crippen LogP contribution is 2.29. The lowest BCUT2D eigenvalue weighted by Crippen LogP contribution is -2.38. The summed E-state index contributed by atoms with van der Waals surface area (Å²) < 4.78 is 0. The van der Waals surface area contributed by atoms with Gasteiger partial charge in [-0.3, -0.25) is 9.59 Å². The second-order valence-electron chi connectivity index (χ2n) is 3.61. The van der Waals surface area contributed by atoms with E-state index >= 15 is 0 Å². The average Bonchev–Trinajstić information content (AvgIpc) is 2.31. The Hall–Kier alpha value is -1.30. The third kappa shape index (κ3) is 4.18. The molecule has 7 heteroatoms. The van der Waals surface area contributed by atoms with E-state index in [1.54, 1.807) is 12.1 Å². The number of aliphatic hydroxyl groups is 1. The van der Waals surface area contributed by atoms with Crippen molar-refractivity contribution >= 4 is 40.7 Å². The quantitative estimate of drug-likeness (QED) is 0.737. The van der Waals surface area contributed by atoms with Gasteiger partial charge in [0.1, 0.15) is 0 Å². The van der Waals surface area contributed by atoms with Gasteiger partial charge in [0.25, 0.3) is 0 Å². The van der Waals surface area contributed by atoms with Gasteiger partial charge in [0.2, 0.25) is 0 Å². The van der Waals surface area contributed by atoms with Crippen LogP contribution in [-0.4, -0.2) is 29.6 Å². The second kappa shape index (κ2) is 6.58. The molecule has 0 aliphatic heterocycles. The summed E-state index contributed by atoms with van der Waals surface area (Å²) in [7, 11) is 0. The summed E-state index contributed by atoms with van der Waals surface area (Å²) >= 11 is 11.6. The molecule has 0 aromatic heterocycles. The molecule has 0 saturated carbocycles. The number of halogens is 2. The van der Waals surface area contributed by atoms with Crippen molar-refractivity contribution in [2.75, 3.05) is 11.9 Å². The van der Waals surface area contributed by atoms with Gasteiger partial charge in [0.05, 0.1) is 21.8 Å². The van der Waals surface area contributed by atoms with E-state index < -0.39 is 17.9 Å². The number of amides is 2. The molecule has 1 rings (SSSR count).